The normalized spacial score (nSPS) is 11.5. The van der Waals surface area contributed by atoms with Crippen LogP contribution in [0.2, 0.25) is 0 Å². The second-order valence-corrected chi connectivity index (χ2v) is 5.85. The minimum absolute atomic E-state index is 0.257. The summed E-state index contributed by atoms with van der Waals surface area (Å²) in [5.41, 5.74) is 0. The average molecular weight is 268 g/mol. The molecule has 2 nitrogen and oxygen atoms in total. The molecule has 19 heavy (non-hydrogen) atoms. The number of carboxylic acid groups (broad SMARTS) is 1. The van der Waals surface area contributed by atoms with Gasteiger partial charge in [0.1, 0.15) is 0 Å². The Kier molecular flexibility index (Phi) is 13.1. The van der Waals surface area contributed by atoms with E-state index in [1.807, 2.05) is 6.08 Å². The highest BCUT2D eigenvalue weighted by Crippen LogP contribution is 2.12. The summed E-state index contributed by atoms with van der Waals surface area (Å²) < 4.78 is 0. The van der Waals surface area contributed by atoms with Gasteiger partial charge in [0, 0.05) is 6.42 Å². The largest absolute Gasteiger partial charge is 0.481 e. The van der Waals surface area contributed by atoms with E-state index < -0.39 is 5.97 Å². The first-order valence-electron chi connectivity index (χ1n) is 7.99. The maximum atomic E-state index is 10.3. The third-order valence-corrected chi connectivity index (χ3v) is 3.34. The zero-order valence-electron chi connectivity index (χ0n) is 12.9. The Hall–Kier alpha value is -0.790. The molecule has 0 heterocycles. The van der Waals surface area contributed by atoms with E-state index in [1.54, 1.807) is 0 Å². The van der Waals surface area contributed by atoms with Gasteiger partial charge in [0.15, 0.2) is 0 Å². The van der Waals surface area contributed by atoms with Gasteiger partial charge >= 0.3 is 5.97 Å². The summed E-state index contributed by atoms with van der Waals surface area (Å²) in [6.45, 7) is 4.59. The first-order chi connectivity index (χ1) is 9.13. The van der Waals surface area contributed by atoms with Crippen molar-refractivity contribution < 1.29 is 9.90 Å². The summed E-state index contributed by atoms with van der Waals surface area (Å²) in [6.07, 6.45) is 17.0. The second kappa shape index (κ2) is 13.6. The molecule has 0 aliphatic carbocycles. The minimum Gasteiger partial charge on any atom is -0.481 e. The van der Waals surface area contributed by atoms with Crippen LogP contribution < -0.4 is 0 Å². The lowest BCUT2D eigenvalue weighted by Gasteiger charge is -2.04. The van der Waals surface area contributed by atoms with Crippen molar-refractivity contribution in [1.29, 1.82) is 0 Å². The molecule has 0 atom stereocenters. The molecule has 0 amide bonds. The molecule has 0 fully saturated rings. The second-order valence-electron chi connectivity index (χ2n) is 5.85. The molecule has 0 saturated carbocycles. The molecule has 0 aromatic heterocycles. The zero-order valence-corrected chi connectivity index (χ0v) is 12.9. The number of aliphatic carboxylic acids is 1. The van der Waals surface area contributed by atoms with E-state index >= 15 is 0 Å². The fraction of sp³-hybridized carbons (Fsp3) is 0.824. The van der Waals surface area contributed by atoms with Crippen LogP contribution in [-0.4, -0.2) is 11.1 Å². The Morgan fingerprint density at radius 1 is 0.895 bits per heavy atom. The Morgan fingerprint density at radius 3 is 2.00 bits per heavy atom. The van der Waals surface area contributed by atoms with Gasteiger partial charge in [0.05, 0.1) is 0 Å². The lowest BCUT2D eigenvalue weighted by atomic mass is 10.0. The summed E-state index contributed by atoms with van der Waals surface area (Å²) in [5.74, 6) is 0.148. The number of allylic oxidation sites excluding steroid dienone is 2. The average Bonchev–Trinajstić information content (AvgIpc) is 2.34. The number of rotatable bonds is 13. The first kappa shape index (κ1) is 18.2. The summed E-state index contributed by atoms with van der Waals surface area (Å²) >= 11 is 0. The molecule has 0 aromatic carbocycles. The van der Waals surface area contributed by atoms with Gasteiger partial charge in [-0.2, -0.15) is 0 Å². The van der Waals surface area contributed by atoms with Gasteiger partial charge in [0.2, 0.25) is 0 Å². The smallest absolute Gasteiger partial charge is 0.303 e. The Morgan fingerprint density at radius 2 is 1.42 bits per heavy atom. The Labute approximate surface area is 119 Å². The summed E-state index contributed by atoms with van der Waals surface area (Å²) in [4.78, 5) is 10.3. The summed E-state index contributed by atoms with van der Waals surface area (Å²) in [5, 5.41) is 8.47. The SMILES string of the molecule is CC(C)CCCCCCCCCC=CCCC(=O)O. The van der Waals surface area contributed by atoms with Crippen molar-refractivity contribution in [3.05, 3.63) is 12.2 Å². The van der Waals surface area contributed by atoms with Crippen molar-refractivity contribution in [3.63, 3.8) is 0 Å². The van der Waals surface area contributed by atoms with E-state index in [2.05, 4.69) is 19.9 Å². The lowest BCUT2D eigenvalue weighted by molar-refractivity contribution is -0.136. The molecule has 0 aliphatic heterocycles. The van der Waals surface area contributed by atoms with Gasteiger partial charge in [-0.1, -0.05) is 70.9 Å². The molecule has 0 radical (unpaired) electrons. The third-order valence-electron chi connectivity index (χ3n) is 3.34. The third kappa shape index (κ3) is 17.2. The van der Waals surface area contributed by atoms with E-state index in [0.29, 0.717) is 6.42 Å². The van der Waals surface area contributed by atoms with Crippen molar-refractivity contribution in [3.8, 4) is 0 Å². The van der Waals surface area contributed by atoms with Crippen LogP contribution in [0.1, 0.15) is 84.5 Å². The maximum absolute atomic E-state index is 10.3. The van der Waals surface area contributed by atoms with Crippen LogP contribution in [0, 0.1) is 5.92 Å². The van der Waals surface area contributed by atoms with Crippen molar-refractivity contribution in [2.45, 2.75) is 84.5 Å². The van der Waals surface area contributed by atoms with Crippen LogP contribution in [0.15, 0.2) is 12.2 Å². The predicted molar refractivity (Wildman–Crippen MR) is 82.4 cm³/mol. The monoisotopic (exact) mass is 268 g/mol. The van der Waals surface area contributed by atoms with Crippen LogP contribution in [-0.2, 0) is 4.79 Å². The van der Waals surface area contributed by atoms with Crippen molar-refractivity contribution in [1.82, 2.24) is 0 Å². The number of carbonyl (C=O) groups is 1. The van der Waals surface area contributed by atoms with E-state index in [-0.39, 0.29) is 6.42 Å². The van der Waals surface area contributed by atoms with Crippen LogP contribution in [0.3, 0.4) is 0 Å². The maximum Gasteiger partial charge on any atom is 0.303 e. The molecule has 2 heteroatoms. The number of carboxylic acids is 1. The number of hydrogen-bond donors (Lipinski definition) is 1. The number of hydrogen-bond acceptors (Lipinski definition) is 1. The predicted octanol–water partition coefficient (Wildman–Crippen LogP) is 5.57. The van der Waals surface area contributed by atoms with Crippen molar-refractivity contribution in [2.75, 3.05) is 0 Å². The fourth-order valence-corrected chi connectivity index (χ4v) is 2.14. The molecular weight excluding hydrogens is 236 g/mol. The highest BCUT2D eigenvalue weighted by atomic mass is 16.4. The van der Waals surface area contributed by atoms with Crippen molar-refractivity contribution in [2.24, 2.45) is 5.92 Å². The first-order valence-corrected chi connectivity index (χ1v) is 7.99. The van der Waals surface area contributed by atoms with Crippen LogP contribution in [0.25, 0.3) is 0 Å². The molecule has 0 bridgehead atoms. The molecule has 0 rings (SSSR count). The molecule has 0 aliphatic rings. The molecule has 1 N–H and O–H groups in total. The van der Waals surface area contributed by atoms with Gasteiger partial charge in [-0.15, -0.1) is 0 Å². The molecular formula is C17H32O2. The molecule has 0 saturated heterocycles. The van der Waals surface area contributed by atoms with Gasteiger partial charge in [-0.25, -0.2) is 0 Å². The fourth-order valence-electron chi connectivity index (χ4n) is 2.14. The van der Waals surface area contributed by atoms with E-state index in [9.17, 15) is 4.79 Å². The van der Waals surface area contributed by atoms with Crippen LogP contribution in [0.4, 0.5) is 0 Å². The van der Waals surface area contributed by atoms with Gasteiger partial charge in [0.25, 0.3) is 0 Å². The highest BCUT2D eigenvalue weighted by molar-refractivity contribution is 5.66. The summed E-state index contributed by atoms with van der Waals surface area (Å²) in [7, 11) is 0. The molecule has 112 valence electrons. The Bertz CT molecular complexity index is 231. The van der Waals surface area contributed by atoms with E-state index in [4.69, 9.17) is 5.11 Å². The van der Waals surface area contributed by atoms with Gasteiger partial charge in [-0.3, -0.25) is 4.79 Å². The minimum atomic E-state index is -0.706. The Balaban J connectivity index is 3.08. The zero-order chi connectivity index (χ0) is 14.3. The lowest BCUT2D eigenvalue weighted by Crippen LogP contribution is -1.91. The topological polar surface area (TPSA) is 37.3 Å². The molecule has 0 spiro atoms. The van der Waals surface area contributed by atoms with Gasteiger partial charge < -0.3 is 5.11 Å². The summed E-state index contributed by atoms with van der Waals surface area (Å²) in [6, 6.07) is 0. The molecule has 0 unspecified atom stereocenters. The quantitative estimate of drug-likeness (QED) is 0.350. The highest BCUT2D eigenvalue weighted by Gasteiger charge is 1.95. The molecule has 0 aromatic rings. The van der Waals surface area contributed by atoms with Crippen LogP contribution in [0.5, 0.6) is 0 Å². The van der Waals surface area contributed by atoms with E-state index in [1.165, 1.54) is 51.4 Å². The van der Waals surface area contributed by atoms with Gasteiger partial charge in [-0.05, 0) is 25.2 Å². The van der Waals surface area contributed by atoms with Crippen LogP contribution >= 0.6 is 0 Å². The van der Waals surface area contributed by atoms with E-state index in [0.717, 1.165) is 12.3 Å². The standard InChI is InChI=1S/C17H32O2/c1-16(2)14-12-10-8-6-4-3-5-7-9-11-13-15-17(18)19/h9,11,16H,3-8,10,12-15H2,1-2H3,(H,18,19). The number of unbranched alkanes of at least 4 members (excludes halogenated alkanes) is 7. The van der Waals surface area contributed by atoms with Crippen molar-refractivity contribution >= 4 is 5.97 Å².